The van der Waals surface area contributed by atoms with Gasteiger partial charge in [0.1, 0.15) is 0 Å². The summed E-state index contributed by atoms with van der Waals surface area (Å²) in [6.07, 6.45) is 1.09. The van der Waals surface area contributed by atoms with E-state index in [9.17, 15) is 14.9 Å². The summed E-state index contributed by atoms with van der Waals surface area (Å²) in [5.41, 5.74) is 9.97. The molecule has 11 nitrogen and oxygen atoms in total. The third kappa shape index (κ3) is 5.15. The Morgan fingerprint density at radius 2 is 2.04 bits per heavy atom. The van der Waals surface area contributed by atoms with E-state index in [1.807, 2.05) is 0 Å². The van der Waals surface area contributed by atoms with Crippen molar-refractivity contribution in [2.75, 3.05) is 20.8 Å². The minimum Gasteiger partial charge on any atom is -0.493 e. The first-order valence-electron chi connectivity index (χ1n) is 6.07. The van der Waals surface area contributed by atoms with Crippen LogP contribution in [-0.2, 0) is 9.53 Å². The smallest absolute Gasteiger partial charge is 0.343 e. The monoisotopic (exact) mass is 325 g/mol. The quantitative estimate of drug-likeness (QED) is 0.228. The number of nitro benzene ring substituents is 1. The van der Waals surface area contributed by atoms with Crippen LogP contribution in [0.25, 0.3) is 0 Å². The zero-order valence-corrected chi connectivity index (χ0v) is 12.4. The number of benzene rings is 1. The van der Waals surface area contributed by atoms with Gasteiger partial charge in [0, 0.05) is 0 Å². The highest BCUT2D eigenvalue weighted by Gasteiger charge is 2.19. The fourth-order valence-corrected chi connectivity index (χ4v) is 1.45. The molecule has 1 aromatic carbocycles. The maximum Gasteiger partial charge on any atom is 0.343 e. The van der Waals surface area contributed by atoms with Gasteiger partial charge in [-0.05, 0) is 6.07 Å². The standard InChI is InChI=1S/C12H15N5O6/c1-21-9-3-7(5-15-16-12(13)14)8(17(19)20)4-10(9)23-6-11(18)22-2/h3-5H,6H2,1-2H3,(H4,13,14,16). The topological polar surface area (TPSA) is 165 Å². The number of nitrogens with zero attached hydrogens (tertiary/aromatic N) is 3. The molecule has 0 atom stereocenters. The van der Waals surface area contributed by atoms with Crippen molar-refractivity contribution in [3.05, 3.63) is 27.8 Å². The molecule has 0 aromatic heterocycles. The summed E-state index contributed by atoms with van der Waals surface area (Å²) in [7, 11) is 2.53. The highest BCUT2D eigenvalue weighted by Crippen LogP contribution is 2.34. The Morgan fingerprint density at radius 3 is 2.57 bits per heavy atom. The number of hydrogen-bond acceptors (Lipinski definition) is 8. The molecule has 124 valence electrons. The molecule has 0 unspecified atom stereocenters. The summed E-state index contributed by atoms with van der Waals surface area (Å²) in [5.74, 6) is -0.781. The number of carbonyl (C=O) groups excluding carboxylic acids is 1. The Kier molecular flexibility index (Phi) is 6.28. The van der Waals surface area contributed by atoms with E-state index in [1.165, 1.54) is 20.3 Å². The number of nitrogens with two attached hydrogens (primary N) is 2. The molecule has 0 radical (unpaired) electrons. The van der Waals surface area contributed by atoms with Crippen LogP contribution in [0.2, 0.25) is 0 Å². The molecule has 0 aliphatic carbocycles. The van der Waals surface area contributed by atoms with Gasteiger partial charge < -0.3 is 25.7 Å². The molecule has 4 N–H and O–H groups in total. The summed E-state index contributed by atoms with van der Waals surface area (Å²) in [4.78, 5) is 21.6. The predicted octanol–water partition coefficient (Wildman–Crippen LogP) is -0.237. The molecule has 0 aliphatic heterocycles. The van der Waals surface area contributed by atoms with Crippen molar-refractivity contribution in [1.82, 2.24) is 0 Å². The molecule has 1 aromatic rings. The molecule has 11 heteroatoms. The lowest BCUT2D eigenvalue weighted by Gasteiger charge is -2.10. The van der Waals surface area contributed by atoms with E-state index in [1.54, 1.807) is 0 Å². The van der Waals surface area contributed by atoms with Crippen LogP contribution in [0.4, 0.5) is 5.69 Å². The Hall–Kier alpha value is -3.37. The molecule has 0 spiro atoms. The summed E-state index contributed by atoms with van der Waals surface area (Å²) < 4.78 is 14.6. The second kappa shape index (κ2) is 8.17. The van der Waals surface area contributed by atoms with E-state index in [-0.39, 0.29) is 28.7 Å². The van der Waals surface area contributed by atoms with E-state index < -0.39 is 17.5 Å². The first-order chi connectivity index (χ1) is 10.9. The third-order valence-electron chi connectivity index (χ3n) is 2.45. The number of ether oxygens (including phenoxy) is 3. The average Bonchev–Trinajstić information content (AvgIpc) is 2.51. The van der Waals surface area contributed by atoms with E-state index in [4.69, 9.17) is 20.9 Å². The normalized spacial score (nSPS) is 10.2. The summed E-state index contributed by atoms with van der Waals surface area (Å²) in [5, 5.41) is 18.0. The van der Waals surface area contributed by atoms with Gasteiger partial charge >= 0.3 is 5.97 Å². The molecule has 0 fully saturated rings. The molecule has 0 amide bonds. The van der Waals surface area contributed by atoms with Gasteiger partial charge in [-0.1, -0.05) is 0 Å². The molecule has 0 saturated heterocycles. The van der Waals surface area contributed by atoms with Gasteiger partial charge in [-0.15, -0.1) is 5.10 Å². The molecule has 0 heterocycles. The van der Waals surface area contributed by atoms with Crippen LogP contribution in [-0.4, -0.2) is 43.9 Å². The fourth-order valence-electron chi connectivity index (χ4n) is 1.45. The molecular formula is C12H15N5O6. The number of nitro groups is 1. The second-order valence-corrected chi connectivity index (χ2v) is 3.95. The van der Waals surface area contributed by atoms with E-state index in [0.29, 0.717) is 0 Å². The number of hydrogen-bond donors (Lipinski definition) is 2. The van der Waals surface area contributed by atoms with Crippen LogP contribution in [0.1, 0.15) is 5.56 Å². The fraction of sp³-hybridized carbons (Fsp3) is 0.250. The molecule has 0 aliphatic rings. The van der Waals surface area contributed by atoms with E-state index in [0.717, 1.165) is 12.3 Å². The number of esters is 1. The molecular weight excluding hydrogens is 310 g/mol. The summed E-state index contributed by atoms with van der Waals surface area (Å²) >= 11 is 0. The zero-order valence-electron chi connectivity index (χ0n) is 12.4. The maximum atomic E-state index is 11.1. The van der Waals surface area contributed by atoms with Crippen molar-refractivity contribution < 1.29 is 23.9 Å². The maximum absolute atomic E-state index is 11.1. The van der Waals surface area contributed by atoms with Gasteiger partial charge in [0.2, 0.25) is 5.96 Å². The lowest BCUT2D eigenvalue weighted by molar-refractivity contribution is -0.385. The second-order valence-electron chi connectivity index (χ2n) is 3.95. The number of guanidine groups is 1. The SMILES string of the molecule is COC(=O)COc1cc([N+](=O)[O-])c(C=NN=C(N)N)cc1OC. The van der Waals surface area contributed by atoms with E-state index in [2.05, 4.69) is 14.9 Å². The molecule has 0 bridgehead atoms. The average molecular weight is 325 g/mol. The van der Waals surface area contributed by atoms with Crippen molar-refractivity contribution in [3.63, 3.8) is 0 Å². The number of methoxy groups -OCH3 is 2. The lowest BCUT2D eigenvalue weighted by atomic mass is 10.1. The van der Waals surface area contributed by atoms with Crippen molar-refractivity contribution >= 4 is 23.8 Å². The zero-order chi connectivity index (χ0) is 17.4. The first kappa shape index (κ1) is 17.7. The first-order valence-corrected chi connectivity index (χ1v) is 6.07. The van der Waals surface area contributed by atoms with Gasteiger partial charge in [0.05, 0.1) is 37.0 Å². The Morgan fingerprint density at radius 1 is 1.35 bits per heavy atom. The highest BCUT2D eigenvalue weighted by atomic mass is 16.6. The Balaban J connectivity index is 3.22. The number of rotatable bonds is 7. The largest absolute Gasteiger partial charge is 0.493 e. The van der Waals surface area contributed by atoms with Crippen LogP contribution in [0.5, 0.6) is 11.5 Å². The van der Waals surface area contributed by atoms with Gasteiger partial charge in [-0.25, -0.2) is 4.79 Å². The summed E-state index contributed by atoms with van der Waals surface area (Å²) in [6.45, 7) is -0.425. The molecule has 1 rings (SSSR count). The van der Waals surface area contributed by atoms with Gasteiger partial charge in [-0.2, -0.15) is 5.10 Å². The van der Waals surface area contributed by atoms with Crippen molar-refractivity contribution in [2.45, 2.75) is 0 Å². The minimum absolute atomic E-state index is 0.00332. The molecule has 23 heavy (non-hydrogen) atoms. The lowest BCUT2D eigenvalue weighted by Crippen LogP contribution is -2.21. The summed E-state index contributed by atoms with van der Waals surface area (Å²) in [6, 6.07) is 2.40. The van der Waals surface area contributed by atoms with Crippen LogP contribution < -0.4 is 20.9 Å². The van der Waals surface area contributed by atoms with Crippen molar-refractivity contribution in [3.8, 4) is 11.5 Å². The predicted molar refractivity (Wildman–Crippen MR) is 80.6 cm³/mol. The number of carbonyl (C=O) groups is 1. The Bertz CT molecular complexity index is 654. The molecule has 0 saturated carbocycles. The third-order valence-corrected chi connectivity index (χ3v) is 2.45. The van der Waals surface area contributed by atoms with Crippen LogP contribution >= 0.6 is 0 Å². The van der Waals surface area contributed by atoms with Crippen LogP contribution in [0, 0.1) is 10.1 Å². The Labute approximate surface area is 130 Å². The van der Waals surface area contributed by atoms with Crippen molar-refractivity contribution in [2.24, 2.45) is 21.7 Å². The van der Waals surface area contributed by atoms with Gasteiger partial charge in [-0.3, -0.25) is 10.1 Å². The van der Waals surface area contributed by atoms with Gasteiger partial charge in [0.25, 0.3) is 5.69 Å². The van der Waals surface area contributed by atoms with Crippen molar-refractivity contribution in [1.29, 1.82) is 0 Å². The van der Waals surface area contributed by atoms with Crippen LogP contribution in [0.15, 0.2) is 22.3 Å². The minimum atomic E-state index is -0.651. The van der Waals surface area contributed by atoms with Crippen LogP contribution in [0.3, 0.4) is 0 Å². The highest BCUT2D eigenvalue weighted by molar-refractivity contribution is 5.87. The van der Waals surface area contributed by atoms with Gasteiger partial charge in [0.15, 0.2) is 18.1 Å². The van der Waals surface area contributed by atoms with E-state index >= 15 is 0 Å².